The molecule has 3 N–H and O–H groups in total. The SMILES string of the molecule is CCCn1c(SCc2n[nH]c(=O)[nH]2)n[nH]c1=O. The van der Waals surface area contributed by atoms with Gasteiger partial charge in [-0.25, -0.2) is 19.8 Å². The zero-order valence-corrected chi connectivity index (χ0v) is 10.0. The van der Waals surface area contributed by atoms with Gasteiger partial charge in [0.2, 0.25) is 0 Å². The van der Waals surface area contributed by atoms with Crippen molar-refractivity contribution in [2.24, 2.45) is 0 Å². The molecule has 0 fully saturated rings. The number of thioether (sulfide) groups is 1. The molecule has 0 aliphatic heterocycles. The normalized spacial score (nSPS) is 10.9. The Morgan fingerprint density at radius 1 is 1.29 bits per heavy atom. The van der Waals surface area contributed by atoms with Gasteiger partial charge in [0.25, 0.3) is 0 Å². The van der Waals surface area contributed by atoms with Gasteiger partial charge < -0.3 is 0 Å². The summed E-state index contributed by atoms with van der Waals surface area (Å²) in [6, 6.07) is 0. The van der Waals surface area contributed by atoms with E-state index in [1.165, 1.54) is 11.8 Å². The van der Waals surface area contributed by atoms with Crippen LogP contribution < -0.4 is 11.4 Å². The van der Waals surface area contributed by atoms with Gasteiger partial charge >= 0.3 is 11.4 Å². The van der Waals surface area contributed by atoms with Crippen LogP contribution in [0.25, 0.3) is 0 Å². The number of hydrogen-bond acceptors (Lipinski definition) is 5. The van der Waals surface area contributed by atoms with Crippen molar-refractivity contribution in [2.75, 3.05) is 0 Å². The fourth-order valence-corrected chi connectivity index (χ4v) is 2.18. The molecule has 0 spiro atoms. The third-order valence-electron chi connectivity index (χ3n) is 2.06. The molecule has 8 nitrogen and oxygen atoms in total. The van der Waals surface area contributed by atoms with E-state index < -0.39 is 0 Å². The summed E-state index contributed by atoms with van der Waals surface area (Å²) in [5.74, 6) is 0.978. The molecule has 17 heavy (non-hydrogen) atoms. The van der Waals surface area contributed by atoms with E-state index in [1.807, 2.05) is 6.92 Å². The molecule has 2 aromatic rings. The Labute approximate surface area is 99.8 Å². The van der Waals surface area contributed by atoms with Crippen molar-refractivity contribution in [3.8, 4) is 0 Å². The Hall–Kier alpha value is -1.77. The smallest absolute Gasteiger partial charge is 0.292 e. The molecule has 0 saturated heterocycles. The van der Waals surface area contributed by atoms with E-state index in [-0.39, 0.29) is 11.4 Å². The van der Waals surface area contributed by atoms with Crippen LogP contribution in [0.3, 0.4) is 0 Å². The molecular weight excluding hydrogens is 244 g/mol. The van der Waals surface area contributed by atoms with E-state index in [0.717, 1.165) is 6.42 Å². The maximum absolute atomic E-state index is 11.4. The average Bonchev–Trinajstić information content (AvgIpc) is 2.86. The first-order valence-electron chi connectivity index (χ1n) is 5.12. The lowest BCUT2D eigenvalue weighted by Gasteiger charge is -2.01. The molecule has 0 radical (unpaired) electrons. The van der Waals surface area contributed by atoms with Crippen LogP contribution in [-0.2, 0) is 12.3 Å². The summed E-state index contributed by atoms with van der Waals surface area (Å²) in [7, 11) is 0. The molecule has 0 aliphatic rings. The van der Waals surface area contributed by atoms with Gasteiger partial charge in [-0.05, 0) is 6.42 Å². The number of aromatic amines is 3. The summed E-state index contributed by atoms with van der Waals surface area (Å²) in [5.41, 5.74) is -0.557. The van der Waals surface area contributed by atoms with Crippen LogP contribution in [-0.4, -0.2) is 29.9 Å². The van der Waals surface area contributed by atoms with Gasteiger partial charge in [-0.2, -0.15) is 5.10 Å². The van der Waals surface area contributed by atoms with Crippen LogP contribution in [0.2, 0.25) is 0 Å². The van der Waals surface area contributed by atoms with Gasteiger partial charge in [0, 0.05) is 6.54 Å². The number of hydrogen-bond donors (Lipinski definition) is 3. The summed E-state index contributed by atoms with van der Waals surface area (Å²) in [4.78, 5) is 24.7. The second-order valence-corrected chi connectivity index (χ2v) is 4.32. The molecule has 0 aromatic carbocycles. The van der Waals surface area contributed by atoms with Crippen LogP contribution in [0, 0.1) is 0 Å². The van der Waals surface area contributed by atoms with Crippen LogP contribution >= 0.6 is 11.8 Å². The standard InChI is InChI=1S/C8H12N6O2S/c1-2-3-14-7(16)12-13-8(14)17-4-5-9-6(15)11-10-5/h2-4H2,1H3,(H,12,16)(H2,9,10,11,15). The zero-order valence-electron chi connectivity index (χ0n) is 9.19. The van der Waals surface area contributed by atoms with E-state index in [9.17, 15) is 9.59 Å². The minimum absolute atomic E-state index is 0.218. The van der Waals surface area contributed by atoms with E-state index in [0.29, 0.717) is 23.3 Å². The van der Waals surface area contributed by atoms with Crippen molar-refractivity contribution in [1.82, 2.24) is 29.9 Å². The van der Waals surface area contributed by atoms with Gasteiger partial charge in [-0.3, -0.25) is 9.55 Å². The lowest BCUT2D eigenvalue weighted by molar-refractivity contribution is 0.603. The molecule has 0 saturated carbocycles. The number of H-pyrrole nitrogens is 3. The van der Waals surface area contributed by atoms with Crippen molar-refractivity contribution in [2.45, 2.75) is 30.8 Å². The van der Waals surface area contributed by atoms with Gasteiger partial charge in [-0.15, -0.1) is 5.10 Å². The molecule has 0 bridgehead atoms. The molecule has 92 valence electrons. The van der Waals surface area contributed by atoms with Gasteiger partial charge in [0.05, 0.1) is 5.75 Å². The number of rotatable bonds is 5. The van der Waals surface area contributed by atoms with Crippen LogP contribution in [0.4, 0.5) is 0 Å². The maximum Gasteiger partial charge on any atom is 0.343 e. The Kier molecular flexibility index (Phi) is 3.47. The molecule has 0 atom stereocenters. The highest BCUT2D eigenvalue weighted by molar-refractivity contribution is 7.98. The molecule has 0 aliphatic carbocycles. The number of nitrogens with zero attached hydrogens (tertiary/aromatic N) is 3. The summed E-state index contributed by atoms with van der Waals surface area (Å²) < 4.78 is 1.56. The predicted octanol–water partition coefficient (Wildman–Crippen LogP) is -0.315. The first kappa shape index (κ1) is 11.7. The second kappa shape index (κ2) is 5.04. The maximum atomic E-state index is 11.4. The van der Waals surface area contributed by atoms with Crippen LogP contribution in [0.5, 0.6) is 0 Å². The van der Waals surface area contributed by atoms with E-state index in [2.05, 4.69) is 25.4 Å². The Balaban J connectivity index is 2.08. The summed E-state index contributed by atoms with van der Waals surface area (Å²) in [5, 5.41) is 13.0. The predicted molar refractivity (Wildman–Crippen MR) is 61.9 cm³/mol. The topological polar surface area (TPSA) is 112 Å². The van der Waals surface area contributed by atoms with Gasteiger partial charge in [0.15, 0.2) is 5.16 Å². The first-order chi connectivity index (χ1) is 8.20. The van der Waals surface area contributed by atoms with Gasteiger partial charge in [-0.1, -0.05) is 18.7 Å². The fourth-order valence-electron chi connectivity index (χ4n) is 1.34. The van der Waals surface area contributed by atoms with Gasteiger partial charge in [0.1, 0.15) is 5.82 Å². The van der Waals surface area contributed by atoms with E-state index in [4.69, 9.17) is 0 Å². The van der Waals surface area contributed by atoms with E-state index >= 15 is 0 Å². The Morgan fingerprint density at radius 3 is 2.76 bits per heavy atom. The summed E-state index contributed by atoms with van der Waals surface area (Å²) in [6.07, 6.45) is 0.853. The molecule has 2 aromatic heterocycles. The van der Waals surface area contributed by atoms with Crippen LogP contribution in [0.1, 0.15) is 19.2 Å². The number of nitrogens with one attached hydrogen (secondary N) is 3. The molecule has 2 rings (SSSR count). The lowest BCUT2D eigenvalue weighted by Crippen LogP contribution is -2.17. The minimum Gasteiger partial charge on any atom is -0.292 e. The molecule has 9 heteroatoms. The van der Waals surface area contributed by atoms with Crippen molar-refractivity contribution < 1.29 is 0 Å². The highest BCUT2D eigenvalue weighted by Crippen LogP contribution is 2.16. The quantitative estimate of drug-likeness (QED) is 0.635. The third-order valence-corrected chi connectivity index (χ3v) is 3.05. The van der Waals surface area contributed by atoms with Crippen LogP contribution in [0.15, 0.2) is 14.7 Å². The van der Waals surface area contributed by atoms with E-state index in [1.54, 1.807) is 4.57 Å². The zero-order chi connectivity index (χ0) is 12.3. The molecule has 2 heterocycles. The van der Waals surface area contributed by atoms with Crippen molar-refractivity contribution in [1.29, 1.82) is 0 Å². The van der Waals surface area contributed by atoms with Crippen molar-refractivity contribution >= 4 is 11.8 Å². The van der Waals surface area contributed by atoms with Crippen molar-refractivity contribution in [3.63, 3.8) is 0 Å². The minimum atomic E-state index is -0.339. The highest BCUT2D eigenvalue weighted by Gasteiger charge is 2.09. The third kappa shape index (κ3) is 2.67. The Morgan fingerprint density at radius 2 is 2.12 bits per heavy atom. The Bertz CT molecular complexity index is 593. The average molecular weight is 256 g/mol. The monoisotopic (exact) mass is 256 g/mol. The van der Waals surface area contributed by atoms with Crippen molar-refractivity contribution in [3.05, 3.63) is 26.8 Å². The highest BCUT2D eigenvalue weighted by atomic mass is 32.2. The fraction of sp³-hybridized carbons (Fsp3) is 0.500. The lowest BCUT2D eigenvalue weighted by atomic mass is 10.5. The second-order valence-electron chi connectivity index (χ2n) is 3.38. The molecule has 0 unspecified atom stereocenters. The first-order valence-corrected chi connectivity index (χ1v) is 6.11. The summed E-state index contributed by atoms with van der Waals surface area (Å²) >= 11 is 1.34. The largest absolute Gasteiger partial charge is 0.343 e. The molecule has 0 amide bonds. The summed E-state index contributed by atoms with van der Waals surface area (Å²) in [6.45, 7) is 2.60. The number of aromatic nitrogens is 6. The molecular formula is C8H12N6O2S.